The lowest BCUT2D eigenvalue weighted by molar-refractivity contribution is -0.144. The van der Waals surface area contributed by atoms with Gasteiger partial charge in [-0.1, -0.05) is 80.9 Å². The maximum atomic E-state index is 14.9. The molecule has 6 rings (SSSR count). The van der Waals surface area contributed by atoms with Crippen LogP contribution >= 0.6 is 23.5 Å². The van der Waals surface area contributed by atoms with Crippen LogP contribution in [0, 0.1) is 5.92 Å². The fourth-order valence-corrected chi connectivity index (χ4v) is 15.7. The number of rotatable bonds is 48. The first kappa shape index (κ1) is 89.1. The van der Waals surface area contributed by atoms with E-state index in [4.69, 9.17) is 34.4 Å². The number of nitrogens with two attached hydrogens (primary N) is 6. The third-order valence-corrected chi connectivity index (χ3v) is 21.6. The van der Waals surface area contributed by atoms with Gasteiger partial charge in [0, 0.05) is 62.7 Å². The fraction of sp³-hybridized carbons (Fsp3) is 0.616. The van der Waals surface area contributed by atoms with E-state index < -0.39 is 169 Å². The van der Waals surface area contributed by atoms with Gasteiger partial charge in [-0.15, -0.1) is 0 Å². The molecular formula is C73H112N20O15S2. The maximum Gasteiger partial charge on any atom is 0.315 e. The molecule has 0 radical (unpaired) electrons. The van der Waals surface area contributed by atoms with Gasteiger partial charge in [0.2, 0.25) is 82.7 Å². The number of likely N-dealkylation sites (tertiary alicyclic amines) is 2. The molecule has 110 heavy (non-hydrogen) atoms. The summed E-state index contributed by atoms with van der Waals surface area (Å²) in [6.07, 6.45) is 4.53. The highest BCUT2D eigenvalue weighted by atomic mass is 32.2. The summed E-state index contributed by atoms with van der Waals surface area (Å²) in [6.45, 7) is 3.59. The summed E-state index contributed by atoms with van der Waals surface area (Å²) in [7, 11) is 0. The van der Waals surface area contributed by atoms with Gasteiger partial charge in [0.1, 0.15) is 60.4 Å². The largest absolute Gasteiger partial charge is 0.370 e. The number of guanidine groups is 1. The van der Waals surface area contributed by atoms with E-state index in [-0.39, 0.29) is 125 Å². The molecule has 606 valence electrons. The molecule has 4 aliphatic heterocycles. The molecule has 4 heterocycles. The van der Waals surface area contributed by atoms with E-state index in [1.54, 1.807) is 72.4 Å². The zero-order valence-corrected chi connectivity index (χ0v) is 64.5. The van der Waals surface area contributed by atoms with Crippen LogP contribution in [0.3, 0.4) is 0 Å². The number of urea groups is 1. The van der Waals surface area contributed by atoms with Gasteiger partial charge in [-0.3, -0.25) is 72.1 Å². The van der Waals surface area contributed by atoms with E-state index in [0.717, 1.165) is 12.2 Å². The molecule has 4 aliphatic rings. The van der Waals surface area contributed by atoms with E-state index in [9.17, 15) is 71.9 Å². The quantitative estimate of drug-likeness (QED) is 0.0137. The number of thioether (sulfide) groups is 2. The standard InChI is InChI=1S/C73H112N20O15S2/c1-42(2)37-50(66(102)84-45(62(77)98)31-36-109-3)83-60(97)40-81-63(99)51(38-43-17-6-4-7-18-43)88-67(103)52(39-44-19-8-5-9-20-44)89-65(101)46(27-29-57(75)94)85-64(100)47(28-30-58(76)95)86-68(104)54-23-15-35-93(54)71(107)49(21-12-13-32-74)87-69(105)55-24-16-34-92(55)70(106)48(22-14-33-80-72(78)79)82-59(96)26-11-10-25-56-61-53(41-110-56)90-73(108)91-61/h4-9,17-20,42,45-56,61H,10-16,21-41,74H2,1-3H3,(H2,75,94)(H2,76,95)(H2,77,98)(H,81,99)(H,82,96)(H,83,97)(H,84,102)(H,85,100)(H,86,104)(H,87,105)(H,88,103)(H,89,101)(H4,78,79,80)(H2,90,91,108)/t45-,46-,47-,48-,49-,50-,51-,52-,53?,54-,55-,56?,61?/m0/s1. The Labute approximate surface area is 649 Å². The maximum absolute atomic E-state index is 14.9. The fourth-order valence-electron chi connectivity index (χ4n) is 13.7. The van der Waals surface area contributed by atoms with Gasteiger partial charge >= 0.3 is 6.03 Å². The second-order valence-electron chi connectivity index (χ2n) is 28.5. The molecule has 0 aliphatic carbocycles. The number of fused-ring (bicyclic) bond motifs is 1. The van der Waals surface area contributed by atoms with E-state index in [1.807, 2.05) is 20.1 Å². The number of unbranched alkanes of at least 4 members (excludes halogenated alkanes) is 2. The average molecular weight is 1570 g/mol. The third kappa shape index (κ3) is 29.6. The number of hydrogen-bond acceptors (Lipinski definition) is 19. The molecule has 23 N–H and O–H groups in total. The monoisotopic (exact) mass is 1570 g/mol. The van der Waals surface area contributed by atoms with Crippen molar-refractivity contribution in [3.05, 3.63) is 71.8 Å². The Hall–Kier alpha value is -9.78. The number of nitrogens with one attached hydrogen (secondary N) is 11. The summed E-state index contributed by atoms with van der Waals surface area (Å²) in [5.74, 6) is -9.73. The van der Waals surface area contributed by atoms with Crippen LogP contribution in [0.25, 0.3) is 0 Å². The Balaban J connectivity index is 1.15. The minimum absolute atomic E-state index is 0.0148. The topological polar surface area (TPSA) is 563 Å². The molecule has 0 saturated carbocycles. The summed E-state index contributed by atoms with van der Waals surface area (Å²) < 4.78 is 0. The van der Waals surface area contributed by atoms with Crippen LogP contribution in [-0.2, 0) is 80.0 Å². The first-order valence-corrected chi connectivity index (χ1v) is 40.2. The molecule has 4 fully saturated rings. The molecular weight excluding hydrogens is 1460 g/mol. The van der Waals surface area contributed by atoms with Crippen LogP contribution in [0.5, 0.6) is 0 Å². The van der Waals surface area contributed by atoms with Gasteiger partial charge in [0.15, 0.2) is 5.96 Å². The van der Waals surface area contributed by atoms with Gasteiger partial charge in [-0.25, -0.2) is 4.79 Å². The zero-order valence-electron chi connectivity index (χ0n) is 62.9. The van der Waals surface area contributed by atoms with Crippen molar-refractivity contribution in [2.75, 3.05) is 50.5 Å². The molecule has 16 amide bonds. The molecule has 2 aromatic rings. The molecule has 3 unspecified atom stereocenters. The van der Waals surface area contributed by atoms with Crippen LogP contribution in [0.2, 0.25) is 0 Å². The van der Waals surface area contributed by atoms with Gasteiger partial charge in [0.05, 0.1) is 18.6 Å². The number of nitrogens with zero attached hydrogens (tertiary/aromatic N) is 3. The van der Waals surface area contributed by atoms with Crippen LogP contribution in [0.4, 0.5) is 4.79 Å². The Morgan fingerprint density at radius 3 is 1.58 bits per heavy atom. The molecule has 13 atom stereocenters. The Bertz CT molecular complexity index is 3520. The van der Waals surface area contributed by atoms with Crippen LogP contribution in [0.1, 0.15) is 147 Å². The van der Waals surface area contributed by atoms with Gasteiger partial charge in [0.25, 0.3) is 0 Å². The lowest BCUT2D eigenvalue weighted by Crippen LogP contribution is -2.60. The minimum atomic E-state index is -1.67. The zero-order chi connectivity index (χ0) is 80.4. The van der Waals surface area contributed by atoms with Crippen LogP contribution in [0.15, 0.2) is 65.7 Å². The van der Waals surface area contributed by atoms with E-state index in [0.29, 0.717) is 61.8 Å². The number of aliphatic imine (C=N–C) groups is 1. The molecule has 37 heteroatoms. The molecule has 0 aromatic heterocycles. The van der Waals surface area contributed by atoms with E-state index in [2.05, 4.69) is 63.5 Å². The van der Waals surface area contributed by atoms with Crippen molar-refractivity contribution in [2.24, 2.45) is 45.3 Å². The van der Waals surface area contributed by atoms with Crippen molar-refractivity contribution in [2.45, 2.75) is 226 Å². The second-order valence-corrected chi connectivity index (χ2v) is 30.8. The number of hydrogen-bond donors (Lipinski definition) is 17. The Morgan fingerprint density at radius 1 is 0.545 bits per heavy atom. The van der Waals surface area contributed by atoms with Crippen molar-refractivity contribution < 1.29 is 71.9 Å². The van der Waals surface area contributed by atoms with Gasteiger partial charge in [-0.05, 0) is 132 Å². The lowest BCUT2D eigenvalue weighted by atomic mass is 10.0. The van der Waals surface area contributed by atoms with Crippen molar-refractivity contribution in [3.8, 4) is 0 Å². The summed E-state index contributed by atoms with van der Waals surface area (Å²) >= 11 is 3.22. The van der Waals surface area contributed by atoms with Crippen molar-refractivity contribution in [3.63, 3.8) is 0 Å². The predicted octanol–water partition coefficient (Wildman–Crippen LogP) is -2.83. The first-order valence-electron chi connectivity index (χ1n) is 37.7. The van der Waals surface area contributed by atoms with Crippen molar-refractivity contribution >= 4 is 118 Å². The van der Waals surface area contributed by atoms with E-state index in [1.165, 1.54) is 21.6 Å². The number of carbonyl (C=O) groups excluding carboxylic acids is 15. The number of amides is 16. The molecule has 0 bridgehead atoms. The highest BCUT2D eigenvalue weighted by molar-refractivity contribution is 8.00. The van der Waals surface area contributed by atoms with Crippen LogP contribution in [-0.4, -0.2) is 233 Å². The molecule has 4 saturated heterocycles. The Kier molecular flexibility index (Phi) is 37.3. The van der Waals surface area contributed by atoms with Crippen LogP contribution < -0.4 is 92.9 Å². The van der Waals surface area contributed by atoms with Gasteiger partial charge in [-0.2, -0.15) is 23.5 Å². The number of primary amides is 3. The predicted molar refractivity (Wildman–Crippen MR) is 413 cm³/mol. The Morgan fingerprint density at radius 2 is 1.05 bits per heavy atom. The number of carbonyl (C=O) groups is 15. The summed E-state index contributed by atoms with van der Waals surface area (Å²) in [4.78, 5) is 213. The van der Waals surface area contributed by atoms with Crippen molar-refractivity contribution in [1.82, 2.24) is 68.3 Å². The minimum Gasteiger partial charge on any atom is -0.370 e. The first-order chi connectivity index (χ1) is 52.5. The molecule has 0 spiro atoms. The average Bonchev–Trinajstić information content (AvgIpc) is 1.66. The molecule has 35 nitrogen and oxygen atoms in total. The number of benzene rings is 2. The third-order valence-electron chi connectivity index (χ3n) is 19.4. The summed E-state index contributed by atoms with van der Waals surface area (Å²) in [5.41, 5.74) is 34.9. The summed E-state index contributed by atoms with van der Waals surface area (Å²) in [6, 6.07) is 3.89. The highest BCUT2D eigenvalue weighted by Gasteiger charge is 2.45. The highest BCUT2D eigenvalue weighted by Crippen LogP contribution is 2.33. The second kappa shape index (κ2) is 46.0. The van der Waals surface area contributed by atoms with Crippen molar-refractivity contribution in [1.29, 1.82) is 0 Å². The van der Waals surface area contributed by atoms with Gasteiger partial charge < -0.3 is 103 Å². The summed E-state index contributed by atoms with van der Waals surface area (Å²) in [5, 5.41) is 30.2. The van der Waals surface area contributed by atoms with E-state index >= 15 is 0 Å². The lowest BCUT2D eigenvalue weighted by Gasteiger charge is -2.32. The molecule has 2 aromatic carbocycles. The normalized spacial score (nSPS) is 19.2. The SMILES string of the molecule is CSCC[C@H](NC(=O)[C@H](CC(C)C)NC(=O)CNC(=O)[C@H](Cc1ccccc1)NC(=O)[C@H](Cc1ccccc1)NC(=O)[C@H](CCC(N)=O)NC(=O)[C@H](CCC(N)=O)NC(=O)[C@@H]1CCCN1C(=O)[C@H](CCCCN)NC(=O)[C@@H]1CCCN1C(=O)[C@H](CCCN=C(N)N)NC(=O)CCCCC1SCC2NC(=O)NC21)C(N)=O. The smallest absolute Gasteiger partial charge is 0.315 e.